The van der Waals surface area contributed by atoms with E-state index in [4.69, 9.17) is 4.74 Å². The van der Waals surface area contributed by atoms with Gasteiger partial charge in [-0.15, -0.1) is 0 Å². The topological polar surface area (TPSA) is 77.5 Å². The van der Waals surface area contributed by atoms with Crippen molar-refractivity contribution in [1.82, 2.24) is 0 Å². The molecule has 0 aliphatic carbocycles. The third-order valence-electron chi connectivity index (χ3n) is 13.9. The van der Waals surface area contributed by atoms with E-state index >= 15 is 19.2 Å². The van der Waals surface area contributed by atoms with E-state index in [-0.39, 0.29) is 46.8 Å². The van der Waals surface area contributed by atoms with Crippen molar-refractivity contribution in [2.24, 2.45) is 0 Å². The van der Waals surface area contributed by atoms with Crippen LogP contribution in [-0.2, 0) is 0 Å². The minimum absolute atomic E-state index is 0.195. The van der Waals surface area contributed by atoms with Gasteiger partial charge in [-0.3, -0.25) is 19.2 Å². The molecule has 0 aromatic heterocycles. The normalized spacial score (nSPS) is 11.7. The summed E-state index contributed by atoms with van der Waals surface area (Å²) in [5.41, 5.74) is 17.3. The predicted octanol–water partition coefficient (Wildman–Crippen LogP) is 16.6. The molecular formula is C64H74O5. The number of rotatable bonds is 14. The molecule has 0 atom stereocenters. The van der Waals surface area contributed by atoms with E-state index < -0.39 is 0 Å². The molecule has 6 aromatic rings. The molecule has 0 heterocycles. The second-order valence-corrected chi connectivity index (χ2v) is 21.4. The molecule has 6 aromatic carbocycles. The van der Waals surface area contributed by atoms with Crippen LogP contribution >= 0.6 is 0 Å². The molecule has 0 aliphatic heterocycles. The highest BCUT2D eigenvalue weighted by atomic mass is 16.5. The molecule has 0 unspecified atom stereocenters. The second kappa shape index (κ2) is 20.0. The molecule has 0 amide bonds. The van der Waals surface area contributed by atoms with E-state index in [1.165, 1.54) is 0 Å². The maximum atomic E-state index is 15.8. The first-order valence-electron chi connectivity index (χ1n) is 24.8. The van der Waals surface area contributed by atoms with E-state index in [1.807, 2.05) is 199 Å². The number of hydrogen-bond donors (Lipinski definition) is 0. The number of carbonyl (C=O) groups excluding carboxylic acids is 4. The first-order chi connectivity index (χ1) is 32.2. The van der Waals surface area contributed by atoms with Crippen LogP contribution in [0.4, 0.5) is 0 Å². The monoisotopic (exact) mass is 923 g/mol. The summed E-state index contributed by atoms with van der Waals surface area (Å²) in [6.45, 7) is 40.1. The number of aryl methyl sites for hydroxylation is 12. The van der Waals surface area contributed by atoms with Gasteiger partial charge in [0.15, 0.2) is 23.1 Å². The molecule has 0 spiro atoms. The summed E-state index contributed by atoms with van der Waals surface area (Å²) in [7, 11) is 0. The molecule has 0 bridgehead atoms. The van der Waals surface area contributed by atoms with Crippen molar-refractivity contribution in [2.45, 2.75) is 162 Å². The van der Waals surface area contributed by atoms with Gasteiger partial charge in [0.1, 0.15) is 11.5 Å². The first kappa shape index (κ1) is 52.2. The number of ketones is 4. The largest absolute Gasteiger partial charge is 0.457 e. The highest BCUT2D eigenvalue weighted by Gasteiger charge is 2.37. The number of benzene rings is 6. The quantitative estimate of drug-likeness (QED) is 0.102. The van der Waals surface area contributed by atoms with Crippen LogP contribution in [0, 0.1) is 83.1 Å². The number of ether oxygens (including phenoxy) is 1. The molecule has 0 fully saturated rings. The Morgan fingerprint density at radius 1 is 0.290 bits per heavy atom. The van der Waals surface area contributed by atoms with Crippen LogP contribution in [0.1, 0.15) is 232 Å². The Kier molecular flexibility index (Phi) is 15.1. The Morgan fingerprint density at radius 3 is 0.681 bits per heavy atom. The molecule has 0 saturated heterocycles. The fourth-order valence-electron chi connectivity index (χ4n) is 11.3. The minimum atomic E-state index is -0.294. The van der Waals surface area contributed by atoms with Gasteiger partial charge < -0.3 is 4.74 Å². The number of carbonyl (C=O) groups is 4. The Labute approximate surface area is 413 Å². The van der Waals surface area contributed by atoms with Gasteiger partial charge in [0.2, 0.25) is 0 Å². The third kappa shape index (κ3) is 9.85. The standard InChI is InChI=1S/C64H74O5/c1-31(2)47-29-49(51(33(5)6)59(63(67)55-43(17)25-37(11)26-44(55)18)57(47)61(65)53-39(13)21-35(9)22-40(53)14)69-50-30-48(32(3)4)58(62(66)54-41(15)23-36(10)24-42(54)16)60(52(50)34(7)8)64(68)56-45(19)27-38(12)28-46(56)20/h21-34H,1-20H3. The van der Waals surface area contributed by atoms with Crippen molar-refractivity contribution in [3.63, 3.8) is 0 Å². The smallest absolute Gasteiger partial charge is 0.194 e. The summed E-state index contributed by atoms with van der Waals surface area (Å²) in [4.78, 5) is 62.8. The van der Waals surface area contributed by atoms with E-state index in [2.05, 4.69) is 0 Å². The summed E-state index contributed by atoms with van der Waals surface area (Å²) in [6.07, 6.45) is 0. The van der Waals surface area contributed by atoms with Crippen molar-refractivity contribution >= 4 is 23.1 Å². The molecular weight excluding hydrogens is 849 g/mol. The fourth-order valence-corrected chi connectivity index (χ4v) is 11.3. The average molecular weight is 923 g/mol. The van der Waals surface area contributed by atoms with Gasteiger partial charge in [-0.05, 0) is 175 Å². The zero-order valence-corrected chi connectivity index (χ0v) is 45.1. The fraction of sp³-hybridized carbons (Fsp3) is 0.375. The lowest BCUT2D eigenvalue weighted by Crippen LogP contribution is -2.22. The Bertz CT molecular complexity index is 2810. The Hall–Kier alpha value is -6.20. The molecule has 360 valence electrons. The highest BCUT2D eigenvalue weighted by molar-refractivity contribution is 6.24. The van der Waals surface area contributed by atoms with E-state index in [0.29, 0.717) is 78.3 Å². The van der Waals surface area contributed by atoms with Gasteiger partial charge in [-0.1, -0.05) is 126 Å². The average Bonchev–Trinajstić information content (AvgIpc) is 3.20. The van der Waals surface area contributed by atoms with Gasteiger partial charge in [-0.2, -0.15) is 0 Å². The molecule has 0 N–H and O–H groups in total. The maximum Gasteiger partial charge on any atom is 0.194 e. The molecule has 6 rings (SSSR count). The van der Waals surface area contributed by atoms with Crippen molar-refractivity contribution in [2.75, 3.05) is 0 Å². The van der Waals surface area contributed by atoms with Crippen LogP contribution in [0.5, 0.6) is 11.5 Å². The first-order valence-corrected chi connectivity index (χ1v) is 24.8. The van der Waals surface area contributed by atoms with Gasteiger partial charge in [0.25, 0.3) is 0 Å². The lowest BCUT2D eigenvalue weighted by atomic mass is 9.77. The van der Waals surface area contributed by atoms with Crippen molar-refractivity contribution < 1.29 is 23.9 Å². The van der Waals surface area contributed by atoms with Crippen LogP contribution < -0.4 is 4.74 Å². The summed E-state index contributed by atoms with van der Waals surface area (Å²) < 4.78 is 7.44. The van der Waals surface area contributed by atoms with Crippen LogP contribution in [0.2, 0.25) is 0 Å². The van der Waals surface area contributed by atoms with Crippen LogP contribution in [0.3, 0.4) is 0 Å². The second-order valence-electron chi connectivity index (χ2n) is 21.4. The minimum Gasteiger partial charge on any atom is -0.457 e. The predicted molar refractivity (Wildman–Crippen MR) is 286 cm³/mol. The summed E-state index contributed by atoms with van der Waals surface area (Å²) in [5.74, 6) is -0.966. The van der Waals surface area contributed by atoms with Crippen molar-refractivity contribution in [3.05, 3.63) is 194 Å². The van der Waals surface area contributed by atoms with Gasteiger partial charge in [0.05, 0.1) is 0 Å². The number of hydrogen-bond acceptors (Lipinski definition) is 5. The van der Waals surface area contributed by atoms with Crippen molar-refractivity contribution in [1.29, 1.82) is 0 Å². The molecule has 0 saturated carbocycles. The molecule has 69 heavy (non-hydrogen) atoms. The summed E-state index contributed by atoms with van der Waals surface area (Å²) in [6, 6.07) is 20.1. The van der Waals surface area contributed by atoms with Crippen LogP contribution in [0.25, 0.3) is 0 Å². The lowest BCUT2D eigenvalue weighted by molar-refractivity contribution is 0.0999. The van der Waals surface area contributed by atoms with Crippen molar-refractivity contribution in [3.8, 4) is 11.5 Å². The van der Waals surface area contributed by atoms with Gasteiger partial charge >= 0.3 is 0 Å². The third-order valence-corrected chi connectivity index (χ3v) is 13.9. The Morgan fingerprint density at radius 2 is 0.493 bits per heavy atom. The maximum absolute atomic E-state index is 15.8. The molecule has 5 heteroatoms. The highest BCUT2D eigenvalue weighted by Crippen LogP contribution is 2.47. The van der Waals surface area contributed by atoms with E-state index in [1.54, 1.807) is 0 Å². The molecule has 0 radical (unpaired) electrons. The van der Waals surface area contributed by atoms with Gasteiger partial charge in [0, 0.05) is 55.6 Å². The zero-order valence-electron chi connectivity index (χ0n) is 45.1. The Balaban J connectivity index is 1.81. The lowest BCUT2D eigenvalue weighted by Gasteiger charge is -2.29. The van der Waals surface area contributed by atoms with E-state index in [9.17, 15) is 0 Å². The van der Waals surface area contributed by atoms with Gasteiger partial charge in [-0.25, -0.2) is 0 Å². The van der Waals surface area contributed by atoms with Crippen LogP contribution in [0.15, 0.2) is 60.7 Å². The summed E-state index contributed by atoms with van der Waals surface area (Å²) in [5, 5.41) is 0. The molecule has 5 nitrogen and oxygen atoms in total. The molecule has 0 aliphatic rings. The van der Waals surface area contributed by atoms with Crippen LogP contribution in [-0.4, -0.2) is 23.1 Å². The SMILES string of the molecule is Cc1cc(C)c(C(=O)c2c(C(C)C)cc(Oc3cc(C(C)C)c(C(=O)c4c(C)cc(C)cc4C)c(C(=O)c4c(C)cc(C)cc4C)c3C(C)C)c(C(C)C)c2C(=O)c2c(C)cc(C)cc2C)c(C)c1. The van der Waals surface area contributed by atoms with E-state index in [0.717, 1.165) is 66.8 Å². The zero-order chi connectivity index (χ0) is 51.4. The summed E-state index contributed by atoms with van der Waals surface area (Å²) >= 11 is 0.